The van der Waals surface area contributed by atoms with E-state index in [9.17, 15) is 4.79 Å². The van der Waals surface area contributed by atoms with Crippen LogP contribution in [0.1, 0.15) is 5.56 Å². The summed E-state index contributed by atoms with van der Waals surface area (Å²) >= 11 is 7.16. The SMILES string of the molecule is COc1ccc(C2=CC3=NC(CCl)=NC(=O)C3S2)cc1. The molecule has 0 aromatic heterocycles. The van der Waals surface area contributed by atoms with Crippen LogP contribution in [-0.4, -0.2) is 35.7 Å². The fourth-order valence-electron chi connectivity index (χ4n) is 2.03. The molecule has 3 rings (SSSR count). The van der Waals surface area contributed by atoms with Gasteiger partial charge in [0.15, 0.2) is 0 Å². The van der Waals surface area contributed by atoms with Crippen molar-refractivity contribution in [1.82, 2.24) is 0 Å². The highest BCUT2D eigenvalue weighted by molar-refractivity contribution is 8.10. The van der Waals surface area contributed by atoms with Crippen molar-refractivity contribution in [2.24, 2.45) is 9.98 Å². The van der Waals surface area contributed by atoms with Gasteiger partial charge in [0, 0.05) is 4.91 Å². The van der Waals surface area contributed by atoms with Crippen LogP contribution < -0.4 is 4.74 Å². The summed E-state index contributed by atoms with van der Waals surface area (Å²) in [6.45, 7) is 0. The number of benzene rings is 1. The van der Waals surface area contributed by atoms with E-state index in [1.54, 1.807) is 7.11 Å². The first-order valence-electron chi connectivity index (χ1n) is 6.00. The molecule has 0 aliphatic carbocycles. The topological polar surface area (TPSA) is 51.0 Å². The van der Waals surface area contributed by atoms with Crippen molar-refractivity contribution in [2.75, 3.05) is 13.0 Å². The summed E-state index contributed by atoms with van der Waals surface area (Å²) in [5.74, 6) is 1.15. The quantitative estimate of drug-likeness (QED) is 0.807. The lowest BCUT2D eigenvalue weighted by atomic mass is 10.1. The molecule has 1 aromatic rings. The molecule has 1 unspecified atom stereocenters. The number of methoxy groups -OCH3 is 1. The Bertz CT molecular complexity index is 650. The number of hydrogen-bond donors (Lipinski definition) is 0. The normalized spacial score (nSPS) is 21.0. The van der Waals surface area contributed by atoms with E-state index in [2.05, 4.69) is 9.98 Å². The molecule has 0 spiro atoms. The zero-order chi connectivity index (χ0) is 14.1. The van der Waals surface area contributed by atoms with Crippen LogP contribution in [0.3, 0.4) is 0 Å². The van der Waals surface area contributed by atoms with Crippen LogP contribution in [-0.2, 0) is 4.79 Å². The molecular weight excluding hydrogens is 296 g/mol. The van der Waals surface area contributed by atoms with E-state index in [4.69, 9.17) is 16.3 Å². The molecule has 1 aromatic carbocycles. The molecular formula is C14H11ClN2O2S. The van der Waals surface area contributed by atoms with Gasteiger partial charge in [0.1, 0.15) is 16.8 Å². The molecule has 0 saturated heterocycles. The first-order valence-corrected chi connectivity index (χ1v) is 7.41. The molecule has 0 N–H and O–H groups in total. The highest BCUT2D eigenvalue weighted by atomic mass is 35.5. The van der Waals surface area contributed by atoms with E-state index in [0.29, 0.717) is 5.84 Å². The number of halogens is 1. The van der Waals surface area contributed by atoms with Gasteiger partial charge in [-0.3, -0.25) is 4.79 Å². The summed E-state index contributed by atoms with van der Waals surface area (Å²) in [5.41, 5.74) is 1.77. The lowest BCUT2D eigenvalue weighted by Gasteiger charge is -2.12. The minimum Gasteiger partial charge on any atom is -0.497 e. The van der Waals surface area contributed by atoms with Crippen LogP contribution in [0, 0.1) is 0 Å². The van der Waals surface area contributed by atoms with Gasteiger partial charge in [-0.05, 0) is 23.8 Å². The van der Waals surface area contributed by atoms with E-state index < -0.39 is 0 Å². The molecule has 0 saturated carbocycles. The van der Waals surface area contributed by atoms with Crippen molar-refractivity contribution in [3.05, 3.63) is 35.9 Å². The minimum absolute atomic E-state index is 0.151. The van der Waals surface area contributed by atoms with Crippen molar-refractivity contribution in [2.45, 2.75) is 5.25 Å². The lowest BCUT2D eigenvalue weighted by Crippen LogP contribution is -2.27. The second kappa shape index (κ2) is 5.42. The predicted molar refractivity (Wildman–Crippen MR) is 82.9 cm³/mol. The van der Waals surface area contributed by atoms with Crippen molar-refractivity contribution < 1.29 is 9.53 Å². The minimum atomic E-state index is -0.334. The molecule has 1 atom stereocenters. The van der Waals surface area contributed by atoms with Gasteiger partial charge in [-0.1, -0.05) is 12.1 Å². The number of nitrogens with zero attached hydrogens (tertiary/aromatic N) is 2. The molecule has 0 bridgehead atoms. The number of hydrogen-bond acceptors (Lipinski definition) is 4. The van der Waals surface area contributed by atoms with Crippen LogP contribution in [0.2, 0.25) is 0 Å². The number of rotatable bonds is 3. The van der Waals surface area contributed by atoms with E-state index in [1.165, 1.54) is 11.8 Å². The molecule has 102 valence electrons. The molecule has 2 aliphatic heterocycles. The number of amidine groups is 1. The fourth-order valence-corrected chi connectivity index (χ4v) is 3.25. The highest BCUT2D eigenvalue weighted by Crippen LogP contribution is 2.40. The zero-order valence-electron chi connectivity index (χ0n) is 10.7. The van der Waals surface area contributed by atoms with Crippen LogP contribution in [0.5, 0.6) is 5.75 Å². The van der Waals surface area contributed by atoms with Crippen molar-refractivity contribution in [3.63, 3.8) is 0 Å². The number of ether oxygens (including phenoxy) is 1. The van der Waals surface area contributed by atoms with Gasteiger partial charge in [0.05, 0.1) is 18.7 Å². The molecule has 6 heteroatoms. The first kappa shape index (κ1) is 13.4. The standard InChI is InChI=1S/C14H11ClN2O2S/c1-19-9-4-2-8(3-5-9)11-6-10-13(20-11)14(18)17-12(7-15)16-10/h2-6,13H,7H2,1H3. The van der Waals surface area contributed by atoms with E-state index >= 15 is 0 Å². The van der Waals surface area contributed by atoms with Gasteiger partial charge in [-0.2, -0.15) is 4.99 Å². The Hall–Kier alpha value is -1.59. The van der Waals surface area contributed by atoms with E-state index in [-0.39, 0.29) is 17.0 Å². The Kier molecular flexibility index (Phi) is 3.63. The Morgan fingerprint density at radius 3 is 2.70 bits per heavy atom. The number of allylic oxidation sites excluding steroid dienone is 1. The van der Waals surface area contributed by atoms with E-state index in [1.807, 2.05) is 30.3 Å². The third-order valence-corrected chi connectivity index (χ3v) is 4.53. The zero-order valence-corrected chi connectivity index (χ0v) is 12.2. The summed E-state index contributed by atoms with van der Waals surface area (Å²) in [7, 11) is 1.63. The number of aliphatic imine (C=N–C) groups is 2. The molecule has 20 heavy (non-hydrogen) atoms. The van der Waals surface area contributed by atoms with Crippen molar-refractivity contribution >= 4 is 45.7 Å². The average molecular weight is 307 g/mol. The van der Waals surface area contributed by atoms with Gasteiger partial charge in [0.2, 0.25) is 0 Å². The van der Waals surface area contributed by atoms with Crippen molar-refractivity contribution in [1.29, 1.82) is 0 Å². The summed E-state index contributed by atoms with van der Waals surface area (Å²) in [6.07, 6.45) is 1.93. The molecule has 2 aliphatic rings. The van der Waals surface area contributed by atoms with Crippen molar-refractivity contribution in [3.8, 4) is 5.75 Å². The maximum Gasteiger partial charge on any atom is 0.267 e. The summed E-state index contributed by atoms with van der Waals surface area (Å²) in [6, 6.07) is 7.71. The number of alkyl halides is 1. The second-order valence-electron chi connectivity index (χ2n) is 4.27. The largest absolute Gasteiger partial charge is 0.497 e. The predicted octanol–water partition coefficient (Wildman–Crippen LogP) is 2.77. The summed E-state index contributed by atoms with van der Waals surface area (Å²) in [4.78, 5) is 21.1. The molecule has 2 heterocycles. The maximum atomic E-state index is 11.9. The molecule has 1 amide bonds. The molecule has 4 nitrogen and oxygen atoms in total. The van der Waals surface area contributed by atoms with Gasteiger partial charge >= 0.3 is 0 Å². The van der Waals surface area contributed by atoms with Gasteiger partial charge in [-0.15, -0.1) is 23.4 Å². The van der Waals surface area contributed by atoms with Gasteiger partial charge < -0.3 is 4.74 Å². The lowest BCUT2D eigenvalue weighted by molar-refractivity contribution is -0.116. The Morgan fingerprint density at radius 1 is 1.30 bits per heavy atom. The summed E-state index contributed by atoms with van der Waals surface area (Å²) < 4.78 is 5.13. The van der Waals surface area contributed by atoms with E-state index in [0.717, 1.165) is 21.9 Å². The number of carbonyl (C=O) groups is 1. The first-order chi connectivity index (χ1) is 9.71. The number of carbonyl (C=O) groups excluding carboxylic acids is 1. The molecule has 0 fully saturated rings. The smallest absolute Gasteiger partial charge is 0.267 e. The Labute approximate surface area is 125 Å². The second-order valence-corrected chi connectivity index (χ2v) is 5.69. The third-order valence-electron chi connectivity index (χ3n) is 3.01. The average Bonchev–Trinajstić information content (AvgIpc) is 2.92. The highest BCUT2D eigenvalue weighted by Gasteiger charge is 2.34. The number of amides is 1. The van der Waals surface area contributed by atoms with Gasteiger partial charge in [0.25, 0.3) is 5.91 Å². The Morgan fingerprint density at radius 2 is 2.05 bits per heavy atom. The fraction of sp³-hybridized carbons (Fsp3) is 0.214. The number of fused-ring (bicyclic) bond motifs is 1. The van der Waals surface area contributed by atoms with Gasteiger partial charge in [-0.25, -0.2) is 4.99 Å². The van der Waals surface area contributed by atoms with Crippen LogP contribution >= 0.6 is 23.4 Å². The maximum absolute atomic E-state index is 11.9. The molecule has 0 radical (unpaired) electrons. The summed E-state index contributed by atoms with van der Waals surface area (Å²) in [5, 5.41) is -0.334. The van der Waals surface area contributed by atoms with Crippen LogP contribution in [0.25, 0.3) is 4.91 Å². The number of thioether (sulfide) groups is 1. The van der Waals surface area contributed by atoms with Crippen LogP contribution in [0.15, 0.2) is 40.3 Å². The monoisotopic (exact) mass is 306 g/mol. The van der Waals surface area contributed by atoms with Crippen LogP contribution in [0.4, 0.5) is 0 Å². The Balaban J connectivity index is 1.90. The third kappa shape index (κ3) is 2.39.